The molecule has 0 amide bonds. The highest BCUT2D eigenvalue weighted by atomic mass is 32.1. The van der Waals surface area contributed by atoms with E-state index in [1.54, 1.807) is 18.4 Å². The molecule has 0 unspecified atom stereocenters. The number of rotatable bonds is 5. The van der Waals surface area contributed by atoms with Gasteiger partial charge in [0, 0.05) is 22.5 Å². The molecule has 0 radical (unpaired) electrons. The zero-order valence-electron chi connectivity index (χ0n) is 13.4. The van der Waals surface area contributed by atoms with Gasteiger partial charge in [-0.3, -0.25) is 0 Å². The van der Waals surface area contributed by atoms with Gasteiger partial charge < -0.3 is 10.5 Å². The van der Waals surface area contributed by atoms with Gasteiger partial charge in [0.25, 0.3) is 0 Å². The van der Waals surface area contributed by atoms with Crippen molar-refractivity contribution in [1.82, 2.24) is 4.98 Å². The number of hydrogen-bond donors (Lipinski definition) is 1. The molecule has 0 aliphatic heterocycles. The van der Waals surface area contributed by atoms with E-state index >= 15 is 0 Å². The first-order chi connectivity index (χ1) is 11.2. The largest absolute Gasteiger partial charge is 0.497 e. The minimum absolute atomic E-state index is 0.793. The molecule has 0 aliphatic carbocycles. The molecule has 0 spiro atoms. The van der Waals surface area contributed by atoms with Gasteiger partial charge in [-0.1, -0.05) is 19.1 Å². The summed E-state index contributed by atoms with van der Waals surface area (Å²) < 4.78 is 5.23. The van der Waals surface area contributed by atoms with E-state index in [0.717, 1.165) is 40.5 Å². The third-order valence-electron chi connectivity index (χ3n) is 3.76. The van der Waals surface area contributed by atoms with Crippen molar-refractivity contribution in [3.05, 3.63) is 64.0 Å². The molecule has 0 fully saturated rings. The summed E-state index contributed by atoms with van der Waals surface area (Å²) >= 11 is 1.79. The van der Waals surface area contributed by atoms with Crippen molar-refractivity contribution < 1.29 is 4.74 Å². The second kappa shape index (κ2) is 6.84. The van der Waals surface area contributed by atoms with Crippen molar-refractivity contribution in [2.24, 2.45) is 0 Å². The summed E-state index contributed by atoms with van der Waals surface area (Å²) in [6, 6.07) is 16.1. The lowest BCUT2D eigenvalue weighted by atomic mass is 10.1. The molecular formula is C19H20N2OS. The minimum atomic E-state index is 0.793. The number of ether oxygens (including phenoxy) is 1. The Balaban J connectivity index is 1.88. The van der Waals surface area contributed by atoms with Gasteiger partial charge in [-0.05, 0) is 48.4 Å². The summed E-state index contributed by atoms with van der Waals surface area (Å²) in [5.41, 5.74) is 10.0. The summed E-state index contributed by atoms with van der Waals surface area (Å²) in [6.07, 6.45) is 1.83. The molecule has 3 rings (SSSR count). The normalized spacial score (nSPS) is 10.7. The van der Waals surface area contributed by atoms with Gasteiger partial charge in [0.05, 0.1) is 17.8 Å². The lowest BCUT2D eigenvalue weighted by Crippen LogP contribution is -1.90. The van der Waals surface area contributed by atoms with Gasteiger partial charge in [-0.25, -0.2) is 4.98 Å². The van der Waals surface area contributed by atoms with Gasteiger partial charge in [0.1, 0.15) is 5.75 Å². The number of aryl methyl sites for hydroxylation is 1. The van der Waals surface area contributed by atoms with Crippen LogP contribution >= 0.6 is 11.3 Å². The van der Waals surface area contributed by atoms with Crippen LogP contribution in [0.15, 0.2) is 48.5 Å². The highest BCUT2D eigenvalue weighted by molar-refractivity contribution is 7.12. The smallest absolute Gasteiger partial charge is 0.118 e. The summed E-state index contributed by atoms with van der Waals surface area (Å²) in [6.45, 7) is 2.17. The second-order valence-corrected chi connectivity index (χ2v) is 6.55. The lowest BCUT2D eigenvalue weighted by Gasteiger charge is -2.02. The maximum absolute atomic E-state index is 5.75. The van der Waals surface area contributed by atoms with Crippen LogP contribution in [0.1, 0.15) is 22.4 Å². The molecule has 4 heteroatoms. The minimum Gasteiger partial charge on any atom is -0.497 e. The highest BCUT2D eigenvalue weighted by Gasteiger charge is 2.12. The van der Waals surface area contributed by atoms with Crippen molar-refractivity contribution in [3.63, 3.8) is 0 Å². The fraction of sp³-hybridized carbons (Fsp3) is 0.211. The lowest BCUT2D eigenvalue weighted by molar-refractivity contribution is 0.415. The first-order valence-electron chi connectivity index (χ1n) is 7.67. The number of anilines is 1. The van der Waals surface area contributed by atoms with Gasteiger partial charge in [0.2, 0.25) is 0 Å². The van der Waals surface area contributed by atoms with E-state index in [9.17, 15) is 0 Å². The Morgan fingerprint density at radius 3 is 2.35 bits per heavy atom. The van der Waals surface area contributed by atoms with Crippen LogP contribution in [0, 0.1) is 0 Å². The van der Waals surface area contributed by atoms with Crippen LogP contribution in [-0.2, 0) is 12.8 Å². The van der Waals surface area contributed by atoms with E-state index in [2.05, 4.69) is 31.2 Å². The molecular weight excluding hydrogens is 304 g/mol. The van der Waals surface area contributed by atoms with E-state index in [1.165, 1.54) is 10.4 Å². The molecule has 1 aromatic heterocycles. The molecule has 118 valence electrons. The van der Waals surface area contributed by atoms with Crippen molar-refractivity contribution in [1.29, 1.82) is 0 Å². The summed E-state index contributed by atoms with van der Waals surface area (Å²) in [7, 11) is 1.68. The number of aromatic nitrogens is 1. The number of nitrogens with zero attached hydrogens (tertiary/aromatic N) is 1. The zero-order valence-corrected chi connectivity index (χ0v) is 14.2. The van der Waals surface area contributed by atoms with E-state index in [4.69, 9.17) is 15.5 Å². The average Bonchev–Trinajstić information content (AvgIpc) is 3.00. The number of hydrogen-bond acceptors (Lipinski definition) is 4. The molecule has 2 aromatic carbocycles. The number of nitrogen functional groups attached to an aromatic ring is 1. The Morgan fingerprint density at radius 1 is 1.04 bits per heavy atom. The molecule has 0 saturated carbocycles. The first-order valence-corrected chi connectivity index (χ1v) is 8.48. The van der Waals surface area contributed by atoms with Gasteiger partial charge in [-0.2, -0.15) is 0 Å². The first kappa shape index (κ1) is 15.6. The molecule has 23 heavy (non-hydrogen) atoms. The quantitative estimate of drug-likeness (QED) is 0.700. The Labute approximate surface area is 140 Å². The number of benzene rings is 2. The summed E-state index contributed by atoms with van der Waals surface area (Å²) in [5, 5.41) is 1.14. The molecule has 3 aromatic rings. The summed E-state index contributed by atoms with van der Waals surface area (Å²) in [4.78, 5) is 6.19. The number of nitrogens with two attached hydrogens (primary N) is 1. The predicted molar refractivity (Wildman–Crippen MR) is 97.1 cm³/mol. The maximum atomic E-state index is 5.75. The monoisotopic (exact) mass is 324 g/mol. The van der Waals surface area contributed by atoms with Gasteiger partial charge in [-0.15, -0.1) is 11.3 Å². The predicted octanol–water partition coefficient (Wildman–Crippen LogP) is 4.55. The van der Waals surface area contributed by atoms with E-state index in [1.807, 2.05) is 24.3 Å². The fourth-order valence-corrected chi connectivity index (χ4v) is 3.56. The Morgan fingerprint density at radius 2 is 1.74 bits per heavy atom. The molecule has 3 nitrogen and oxygen atoms in total. The van der Waals surface area contributed by atoms with E-state index in [0.29, 0.717) is 0 Å². The van der Waals surface area contributed by atoms with Crippen LogP contribution in [0.25, 0.3) is 11.3 Å². The molecule has 0 saturated heterocycles. The molecule has 0 aliphatic rings. The van der Waals surface area contributed by atoms with Crippen LogP contribution < -0.4 is 10.5 Å². The fourth-order valence-electron chi connectivity index (χ4n) is 2.50. The molecule has 2 N–H and O–H groups in total. The molecule has 0 atom stereocenters. The third-order valence-corrected chi connectivity index (χ3v) is 4.96. The standard InChI is InChI=1S/C19H20N2OS/c1-3-17-19(14-6-10-16(22-2)11-7-14)21-18(23-17)12-13-4-8-15(20)9-5-13/h4-11H,3,12,20H2,1-2H3. The van der Waals surface area contributed by atoms with Crippen molar-refractivity contribution in [3.8, 4) is 17.0 Å². The van der Waals surface area contributed by atoms with Gasteiger partial charge in [0.15, 0.2) is 0 Å². The summed E-state index contributed by atoms with van der Waals surface area (Å²) in [5.74, 6) is 0.865. The van der Waals surface area contributed by atoms with E-state index in [-0.39, 0.29) is 0 Å². The van der Waals surface area contributed by atoms with Gasteiger partial charge >= 0.3 is 0 Å². The topological polar surface area (TPSA) is 48.1 Å². The molecule has 0 bridgehead atoms. The van der Waals surface area contributed by atoms with Crippen LogP contribution in [0.5, 0.6) is 5.75 Å². The average molecular weight is 324 g/mol. The van der Waals surface area contributed by atoms with Crippen molar-refractivity contribution >= 4 is 17.0 Å². The maximum Gasteiger partial charge on any atom is 0.118 e. The van der Waals surface area contributed by atoms with Crippen molar-refractivity contribution in [2.45, 2.75) is 19.8 Å². The Hall–Kier alpha value is -2.33. The van der Waals surface area contributed by atoms with E-state index < -0.39 is 0 Å². The number of thiazole rings is 1. The van der Waals surface area contributed by atoms with Crippen molar-refractivity contribution in [2.75, 3.05) is 12.8 Å². The Bertz CT molecular complexity index is 776. The Kier molecular flexibility index (Phi) is 4.63. The third kappa shape index (κ3) is 3.54. The second-order valence-electron chi connectivity index (χ2n) is 5.38. The molecule has 1 heterocycles. The number of methoxy groups -OCH3 is 1. The SMILES string of the molecule is CCc1sc(Cc2ccc(N)cc2)nc1-c1ccc(OC)cc1. The van der Waals surface area contributed by atoms with Crippen LogP contribution in [0.3, 0.4) is 0 Å². The van der Waals surface area contributed by atoms with Crippen LogP contribution in [0.2, 0.25) is 0 Å². The highest BCUT2D eigenvalue weighted by Crippen LogP contribution is 2.31. The van der Waals surface area contributed by atoms with Crippen LogP contribution in [-0.4, -0.2) is 12.1 Å². The zero-order chi connectivity index (χ0) is 16.2. The van der Waals surface area contributed by atoms with Crippen LogP contribution in [0.4, 0.5) is 5.69 Å².